The minimum absolute atomic E-state index is 0.0996. The molecule has 0 unspecified atom stereocenters. The van der Waals surface area contributed by atoms with E-state index in [0.29, 0.717) is 0 Å². The van der Waals surface area contributed by atoms with E-state index in [4.69, 9.17) is 4.74 Å². The SMILES string of the molecule is O=C(c1cccs1)N1CC[C@H](OCC2CC2)[C@@H]1Cc1cccnc1. The third kappa shape index (κ3) is 3.52. The Bertz CT molecular complexity index is 670. The largest absolute Gasteiger partial charge is 0.376 e. The highest BCUT2D eigenvalue weighted by Gasteiger charge is 2.39. The first-order valence-electron chi connectivity index (χ1n) is 8.66. The van der Waals surface area contributed by atoms with Gasteiger partial charge in [-0.1, -0.05) is 12.1 Å². The van der Waals surface area contributed by atoms with Crippen LogP contribution in [0.2, 0.25) is 0 Å². The van der Waals surface area contributed by atoms with Crippen molar-refractivity contribution in [3.05, 3.63) is 52.5 Å². The van der Waals surface area contributed by atoms with Crippen LogP contribution in [0.5, 0.6) is 0 Å². The van der Waals surface area contributed by atoms with E-state index in [1.807, 2.05) is 34.7 Å². The Balaban J connectivity index is 1.51. The highest BCUT2D eigenvalue weighted by Crippen LogP contribution is 2.32. The number of aromatic nitrogens is 1. The molecule has 5 heteroatoms. The molecule has 1 saturated carbocycles. The van der Waals surface area contributed by atoms with Gasteiger partial charge in [-0.05, 0) is 54.7 Å². The van der Waals surface area contributed by atoms with Crippen molar-refractivity contribution in [2.24, 2.45) is 5.92 Å². The van der Waals surface area contributed by atoms with Crippen molar-refractivity contribution in [3.8, 4) is 0 Å². The summed E-state index contributed by atoms with van der Waals surface area (Å²) in [6, 6.07) is 7.98. The zero-order valence-corrected chi connectivity index (χ0v) is 14.5. The fourth-order valence-corrected chi connectivity index (χ4v) is 4.04. The summed E-state index contributed by atoms with van der Waals surface area (Å²) in [5.74, 6) is 0.877. The van der Waals surface area contributed by atoms with Crippen molar-refractivity contribution in [2.45, 2.75) is 37.8 Å². The topological polar surface area (TPSA) is 42.4 Å². The van der Waals surface area contributed by atoms with Gasteiger partial charge in [-0.3, -0.25) is 9.78 Å². The maximum Gasteiger partial charge on any atom is 0.264 e. The molecule has 4 rings (SSSR count). The number of hydrogen-bond acceptors (Lipinski definition) is 4. The van der Waals surface area contributed by atoms with Crippen molar-refractivity contribution >= 4 is 17.2 Å². The Kier molecular flexibility index (Phi) is 4.63. The van der Waals surface area contributed by atoms with Crippen molar-refractivity contribution in [3.63, 3.8) is 0 Å². The van der Waals surface area contributed by atoms with E-state index in [-0.39, 0.29) is 18.1 Å². The molecule has 2 aromatic heterocycles. The van der Waals surface area contributed by atoms with Crippen molar-refractivity contribution < 1.29 is 9.53 Å². The molecule has 2 atom stereocenters. The predicted molar refractivity (Wildman–Crippen MR) is 94.2 cm³/mol. The molecule has 2 aliphatic rings. The van der Waals surface area contributed by atoms with E-state index in [1.54, 1.807) is 6.20 Å². The third-order valence-corrected chi connectivity index (χ3v) is 5.75. The van der Waals surface area contributed by atoms with E-state index in [9.17, 15) is 4.79 Å². The van der Waals surface area contributed by atoms with Crippen LogP contribution in [0.4, 0.5) is 0 Å². The first kappa shape index (κ1) is 15.8. The summed E-state index contributed by atoms with van der Waals surface area (Å²) in [7, 11) is 0. The van der Waals surface area contributed by atoms with Crippen LogP contribution < -0.4 is 0 Å². The summed E-state index contributed by atoms with van der Waals surface area (Å²) in [5.41, 5.74) is 1.16. The summed E-state index contributed by atoms with van der Waals surface area (Å²) in [6.45, 7) is 1.62. The molecule has 0 radical (unpaired) electrons. The summed E-state index contributed by atoms with van der Waals surface area (Å²) in [6.07, 6.45) is 8.12. The van der Waals surface area contributed by atoms with Gasteiger partial charge in [0.25, 0.3) is 5.91 Å². The smallest absolute Gasteiger partial charge is 0.264 e. The van der Waals surface area contributed by atoms with Crippen LogP contribution in [-0.4, -0.2) is 41.1 Å². The predicted octanol–water partition coefficient (Wildman–Crippen LogP) is 3.40. The maximum absolute atomic E-state index is 12.9. The van der Waals surface area contributed by atoms with Crippen molar-refractivity contribution in [1.82, 2.24) is 9.88 Å². The number of carbonyl (C=O) groups is 1. The summed E-state index contributed by atoms with van der Waals surface area (Å²) >= 11 is 1.51. The lowest BCUT2D eigenvalue weighted by Crippen LogP contribution is -2.41. The molecule has 1 aliphatic heterocycles. The average molecular weight is 342 g/mol. The number of nitrogens with zero attached hydrogens (tertiary/aromatic N) is 2. The van der Waals surface area contributed by atoms with Gasteiger partial charge in [-0.25, -0.2) is 0 Å². The number of hydrogen-bond donors (Lipinski definition) is 0. The van der Waals surface area contributed by atoms with Crippen LogP contribution in [0.3, 0.4) is 0 Å². The average Bonchev–Trinajstić information content (AvgIpc) is 3.12. The third-order valence-electron chi connectivity index (χ3n) is 4.89. The second-order valence-corrected chi connectivity index (χ2v) is 7.66. The number of likely N-dealkylation sites (tertiary alicyclic amines) is 1. The lowest BCUT2D eigenvalue weighted by Gasteiger charge is -2.28. The molecule has 24 heavy (non-hydrogen) atoms. The first-order valence-corrected chi connectivity index (χ1v) is 9.54. The van der Waals surface area contributed by atoms with Gasteiger partial charge < -0.3 is 9.64 Å². The van der Waals surface area contributed by atoms with Crippen LogP contribution in [-0.2, 0) is 11.2 Å². The molecule has 1 aliphatic carbocycles. The molecule has 2 fully saturated rings. The standard InChI is InChI=1S/C19H22N2O2S/c22-19(18-4-2-10-24-18)21-9-7-17(23-13-14-5-6-14)16(21)11-15-3-1-8-20-12-15/h1-4,8,10,12,14,16-17H,5-7,9,11,13H2/t16-,17-/m0/s1. The van der Waals surface area contributed by atoms with Gasteiger partial charge in [0.05, 0.1) is 17.0 Å². The second-order valence-electron chi connectivity index (χ2n) is 6.71. The maximum atomic E-state index is 12.9. The molecule has 0 bridgehead atoms. The molecule has 3 heterocycles. The Morgan fingerprint density at radius 3 is 2.92 bits per heavy atom. The number of thiophene rings is 1. The van der Waals surface area contributed by atoms with Gasteiger partial charge in [0, 0.05) is 25.5 Å². The lowest BCUT2D eigenvalue weighted by molar-refractivity contribution is 0.0201. The van der Waals surface area contributed by atoms with E-state index in [1.165, 1.54) is 24.2 Å². The fraction of sp³-hybridized carbons (Fsp3) is 0.474. The van der Waals surface area contributed by atoms with Crippen LogP contribution in [0.1, 0.15) is 34.5 Å². The van der Waals surface area contributed by atoms with E-state index >= 15 is 0 Å². The molecule has 1 saturated heterocycles. The quantitative estimate of drug-likeness (QED) is 0.808. The molecular weight excluding hydrogens is 320 g/mol. The number of ether oxygens (including phenoxy) is 1. The summed E-state index contributed by atoms with van der Waals surface area (Å²) < 4.78 is 6.20. The normalized spacial score (nSPS) is 23.6. The molecule has 0 aromatic carbocycles. The van der Waals surface area contributed by atoms with Crippen LogP contribution in [0.15, 0.2) is 42.0 Å². The van der Waals surface area contributed by atoms with Crippen LogP contribution in [0.25, 0.3) is 0 Å². The highest BCUT2D eigenvalue weighted by molar-refractivity contribution is 7.12. The molecule has 0 N–H and O–H groups in total. The minimum atomic E-state index is 0.0996. The summed E-state index contributed by atoms with van der Waals surface area (Å²) in [4.78, 5) is 19.9. The van der Waals surface area contributed by atoms with E-state index < -0.39 is 0 Å². The fourth-order valence-electron chi connectivity index (χ4n) is 3.36. The number of pyridine rings is 1. The van der Waals surface area contributed by atoms with E-state index in [0.717, 1.165) is 42.4 Å². The first-order chi connectivity index (χ1) is 11.8. The van der Waals surface area contributed by atoms with Gasteiger partial charge in [0.2, 0.25) is 0 Å². The minimum Gasteiger partial charge on any atom is -0.376 e. The Morgan fingerprint density at radius 2 is 2.21 bits per heavy atom. The van der Waals surface area contributed by atoms with Crippen LogP contribution >= 0.6 is 11.3 Å². The molecule has 2 aromatic rings. The zero-order chi connectivity index (χ0) is 16.4. The monoisotopic (exact) mass is 342 g/mol. The Hall–Kier alpha value is -1.72. The van der Waals surface area contributed by atoms with Gasteiger partial charge in [0.15, 0.2) is 0 Å². The van der Waals surface area contributed by atoms with Crippen molar-refractivity contribution in [2.75, 3.05) is 13.2 Å². The van der Waals surface area contributed by atoms with Crippen molar-refractivity contribution in [1.29, 1.82) is 0 Å². The number of carbonyl (C=O) groups excluding carboxylic acids is 1. The van der Waals surface area contributed by atoms with E-state index in [2.05, 4.69) is 11.1 Å². The molecule has 4 nitrogen and oxygen atoms in total. The lowest BCUT2D eigenvalue weighted by atomic mass is 10.0. The number of rotatable bonds is 6. The summed E-state index contributed by atoms with van der Waals surface area (Å²) in [5, 5.41) is 1.96. The highest BCUT2D eigenvalue weighted by atomic mass is 32.1. The Labute approximate surface area is 146 Å². The second kappa shape index (κ2) is 7.03. The molecule has 1 amide bonds. The van der Waals surface area contributed by atoms with Crippen LogP contribution in [0, 0.1) is 5.92 Å². The van der Waals surface area contributed by atoms with Gasteiger partial charge in [0.1, 0.15) is 0 Å². The zero-order valence-electron chi connectivity index (χ0n) is 13.6. The van der Waals surface area contributed by atoms with Gasteiger partial charge >= 0.3 is 0 Å². The molecule has 126 valence electrons. The Morgan fingerprint density at radius 1 is 1.29 bits per heavy atom. The van der Waals surface area contributed by atoms with Gasteiger partial charge in [-0.2, -0.15) is 0 Å². The molecule has 0 spiro atoms. The van der Waals surface area contributed by atoms with Gasteiger partial charge in [-0.15, -0.1) is 11.3 Å². The molecular formula is C19H22N2O2S. The number of amides is 1.